The number of hydrogen-bond donors (Lipinski definition) is 2. The second-order valence-electron chi connectivity index (χ2n) is 4.00. The molecule has 0 amide bonds. The number of rotatable bonds is 0. The molecule has 1 aromatic heterocycles. The Balaban J connectivity index is 0.000000163. The topological polar surface area (TPSA) is 53.4 Å². The van der Waals surface area contributed by atoms with Gasteiger partial charge in [-0.3, -0.25) is 0 Å². The quantitative estimate of drug-likeness (QED) is 0.530. The molecule has 0 aliphatic heterocycles. The van der Waals surface area contributed by atoms with Crippen molar-refractivity contribution in [3.05, 3.63) is 60.7 Å². The summed E-state index contributed by atoms with van der Waals surface area (Å²) in [7, 11) is 0. The molecule has 3 nitrogen and oxygen atoms in total. The molecule has 91 valence electrons. The molecule has 0 unspecified atom stereocenters. The zero-order chi connectivity index (χ0) is 13.7. The fraction of sp³-hybridized carbons (Fsp3) is 0. The molecular formula is C15H12HgNO2. The summed E-state index contributed by atoms with van der Waals surface area (Å²) in [5.41, 5.74) is 0.428. The molecule has 0 aliphatic rings. The second-order valence-corrected chi connectivity index (χ2v) is 7.18. The number of benzene rings is 2. The molecule has 2 N–H and O–H groups in total. The predicted molar refractivity (Wildman–Crippen MR) is 71.1 cm³/mol. The average Bonchev–Trinajstić information content (AvgIpc) is 2.41. The van der Waals surface area contributed by atoms with E-state index in [1.807, 2.05) is 6.07 Å². The number of para-hydroxylation sites is 1. The minimum absolute atomic E-state index is 0.0796. The van der Waals surface area contributed by atoms with Crippen molar-refractivity contribution in [3.8, 4) is 11.6 Å². The van der Waals surface area contributed by atoms with Crippen LogP contribution in [0.25, 0.3) is 10.9 Å². The van der Waals surface area contributed by atoms with Gasteiger partial charge in [0.25, 0.3) is 0 Å². The fourth-order valence-electron chi connectivity index (χ4n) is 1.60. The Morgan fingerprint density at radius 1 is 0.789 bits per heavy atom. The van der Waals surface area contributed by atoms with Crippen LogP contribution in [0.1, 0.15) is 0 Å². The number of phenols is 1. The number of aromatic nitrogens is 1. The van der Waals surface area contributed by atoms with Gasteiger partial charge in [-0.15, -0.1) is 0 Å². The number of pyridine rings is 1. The molecule has 0 bridgehead atoms. The number of phenolic OH excluding ortho intramolecular Hbond substituents is 1. The Bertz CT molecular complexity index is 671. The minimum atomic E-state index is -0.0796. The van der Waals surface area contributed by atoms with Crippen LogP contribution in [0, 0.1) is 0 Å². The second kappa shape index (κ2) is 6.52. The van der Waals surface area contributed by atoms with Crippen LogP contribution < -0.4 is 3.07 Å². The van der Waals surface area contributed by atoms with E-state index in [-0.39, 0.29) is 11.6 Å². The van der Waals surface area contributed by atoms with Gasteiger partial charge in [0, 0.05) is 11.5 Å². The van der Waals surface area contributed by atoms with Gasteiger partial charge in [0.05, 0.1) is 0 Å². The van der Waals surface area contributed by atoms with Crippen LogP contribution >= 0.6 is 0 Å². The first-order valence-corrected chi connectivity index (χ1v) is 8.56. The van der Waals surface area contributed by atoms with Gasteiger partial charge in [0.15, 0.2) is 0 Å². The van der Waals surface area contributed by atoms with E-state index in [1.165, 1.54) is 15.2 Å². The molecule has 0 atom stereocenters. The van der Waals surface area contributed by atoms with E-state index in [0.717, 1.165) is 31.5 Å². The summed E-state index contributed by atoms with van der Waals surface area (Å²) in [5, 5.41) is 19.2. The first kappa shape index (κ1) is 13.8. The van der Waals surface area contributed by atoms with Gasteiger partial charge in [0.2, 0.25) is 5.88 Å². The van der Waals surface area contributed by atoms with Crippen molar-refractivity contribution >= 4 is 14.0 Å². The number of fused-ring (bicyclic) bond motifs is 1. The fourth-order valence-corrected chi connectivity index (χ4v) is 2.66. The molecule has 0 saturated heterocycles. The first-order chi connectivity index (χ1) is 9.16. The predicted octanol–water partition coefficient (Wildman–Crippen LogP) is 2.50. The van der Waals surface area contributed by atoms with E-state index in [9.17, 15) is 5.11 Å². The zero-order valence-electron chi connectivity index (χ0n) is 10.3. The van der Waals surface area contributed by atoms with E-state index in [1.54, 1.807) is 12.1 Å². The van der Waals surface area contributed by atoms with E-state index >= 15 is 0 Å². The number of hydrogen-bond acceptors (Lipinski definition) is 3. The molecule has 0 saturated carbocycles. The van der Waals surface area contributed by atoms with Crippen LogP contribution in [0.3, 0.4) is 0 Å². The van der Waals surface area contributed by atoms with Gasteiger partial charge in [0.1, 0.15) is 11.3 Å². The summed E-state index contributed by atoms with van der Waals surface area (Å²) in [4.78, 5) is 3.78. The van der Waals surface area contributed by atoms with Crippen molar-refractivity contribution in [1.29, 1.82) is 0 Å². The molecule has 3 aromatic rings. The normalized spacial score (nSPS) is 9.79. The van der Waals surface area contributed by atoms with Gasteiger partial charge < -0.3 is 10.2 Å². The molecule has 0 radical (unpaired) electrons. The molecule has 19 heavy (non-hydrogen) atoms. The third kappa shape index (κ3) is 3.93. The van der Waals surface area contributed by atoms with Gasteiger partial charge in [-0.25, -0.2) is 4.98 Å². The maximum absolute atomic E-state index is 9.32. The third-order valence-corrected chi connectivity index (χ3v) is 4.36. The average molecular weight is 439 g/mol. The van der Waals surface area contributed by atoms with Crippen molar-refractivity contribution in [3.63, 3.8) is 0 Å². The number of nitrogens with zero attached hydrogens (tertiary/aromatic N) is 1. The third-order valence-electron chi connectivity index (χ3n) is 2.53. The van der Waals surface area contributed by atoms with Crippen LogP contribution in [0.5, 0.6) is 11.6 Å². The van der Waals surface area contributed by atoms with Crippen LogP contribution in [-0.4, -0.2) is 15.2 Å². The summed E-state index contributed by atoms with van der Waals surface area (Å²) in [5.74, 6) is 0.00685. The van der Waals surface area contributed by atoms with E-state index in [0.29, 0.717) is 5.52 Å². The van der Waals surface area contributed by atoms with Crippen molar-refractivity contribution in [2.24, 2.45) is 0 Å². The molecule has 0 spiro atoms. The maximum atomic E-state index is 9.32. The SMILES string of the molecule is Oc1ccc2cccc(O)c2n1.[Hg][c]1ccccc1. The van der Waals surface area contributed by atoms with Crippen molar-refractivity contribution in [2.75, 3.05) is 0 Å². The standard InChI is InChI=1S/C9H7NO2.C6H5.Hg/c11-7-3-1-2-6-4-5-8(12)10-9(6)7;1-2-4-6-5-3-1;/h1-5,11H,(H,10,12);1-5H;. The first-order valence-electron chi connectivity index (χ1n) is 5.81. The van der Waals surface area contributed by atoms with Crippen molar-refractivity contribution in [1.82, 2.24) is 4.98 Å². The Kier molecular flexibility index (Phi) is 4.74. The molecular weight excluding hydrogens is 427 g/mol. The van der Waals surface area contributed by atoms with Gasteiger partial charge in [-0.1, -0.05) is 12.1 Å². The Morgan fingerprint density at radius 2 is 1.53 bits per heavy atom. The van der Waals surface area contributed by atoms with E-state index in [4.69, 9.17) is 5.11 Å². The molecule has 2 aromatic carbocycles. The van der Waals surface area contributed by atoms with E-state index < -0.39 is 0 Å². The van der Waals surface area contributed by atoms with E-state index in [2.05, 4.69) is 35.3 Å². The van der Waals surface area contributed by atoms with Gasteiger partial charge in [-0.05, 0) is 12.1 Å². The van der Waals surface area contributed by atoms with Gasteiger partial charge in [-0.2, -0.15) is 0 Å². The summed E-state index contributed by atoms with van der Waals surface area (Å²) in [6.45, 7) is 0. The summed E-state index contributed by atoms with van der Waals surface area (Å²) >= 11 is 0.810. The van der Waals surface area contributed by atoms with Crippen LogP contribution in [-0.2, 0) is 26.1 Å². The molecule has 0 aliphatic carbocycles. The summed E-state index contributed by atoms with van der Waals surface area (Å²) < 4.78 is 1.52. The van der Waals surface area contributed by atoms with Crippen LogP contribution in [0.15, 0.2) is 60.7 Å². The Hall–Kier alpha value is -1.61. The zero-order valence-corrected chi connectivity index (χ0v) is 15.8. The number of aromatic hydroxyl groups is 2. The monoisotopic (exact) mass is 440 g/mol. The van der Waals surface area contributed by atoms with Crippen molar-refractivity contribution < 1.29 is 36.3 Å². The Morgan fingerprint density at radius 3 is 2.16 bits per heavy atom. The molecule has 3 rings (SSSR count). The summed E-state index contributed by atoms with van der Waals surface area (Å²) in [6, 6.07) is 18.8. The van der Waals surface area contributed by atoms with Crippen molar-refractivity contribution in [2.45, 2.75) is 0 Å². The van der Waals surface area contributed by atoms with Crippen LogP contribution in [0.4, 0.5) is 0 Å². The van der Waals surface area contributed by atoms with Crippen LogP contribution in [0.2, 0.25) is 0 Å². The molecule has 4 heteroatoms. The Labute approximate surface area is 127 Å². The molecule has 0 fully saturated rings. The summed E-state index contributed by atoms with van der Waals surface area (Å²) in [6.07, 6.45) is 0. The molecule has 1 heterocycles. The van der Waals surface area contributed by atoms with Gasteiger partial charge >= 0.3 is 59.5 Å².